The second kappa shape index (κ2) is 6.74. The second-order valence-electron chi connectivity index (χ2n) is 5.72. The topological polar surface area (TPSA) is 46.6 Å². The number of nitrogens with zero attached hydrogens (tertiary/aromatic N) is 1. The third kappa shape index (κ3) is 3.84. The van der Waals surface area contributed by atoms with Gasteiger partial charge in [0, 0.05) is 12.0 Å². The fourth-order valence-electron chi connectivity index (χ4n) is 2.61. The van der Waals surface area contributed by atoms with Gasteiger partial charge in [0.15, 0.2) is 0 Å². The molecule has 1 aliphatic rings. The minimum absolute atomic E-state index is 0.000991. The molecule has 1 aliphatic carbocycles. The Morgan fingerprint density at radius 3 is 2.52 bits per heavy atom. The van der Waals surface area contributed by atoms with Crippen molar-refractivity contribution in [3.05, 3.63) is 35.9 Å². The van der Waals surface area contributed by atoms with Gasteiger partial charge in [-0.25, -0.2) is 0 Å². The maximum Gasteiger partial charge on any atom is 0.325 e. The van der Waals surface area contributed by atoms with E-state index in [-0.39, 0.29) is 30.4 Å². The Kier molecular flexibility index (Phi) is 4.99. The molecule has 2 atom stereocenters. The summed E-state index contributed by atoms with van der Waals surface area (Å²) in [5.41, 5.74) is 1.20. The summed E-state index contributed by atoms with van der Waals surface area (Å²) in [5.74, 6) is 0.0229. The van der Waals surface area contributed by atoms with Crippen LogP contribution in [0.1, 0.15) is 38.7 Å². The fourth-order valence-corrected chi connectivity index (χ4v) is 2.61. The monoisotopic (exact) mass is 289 g/mol. The molecule has 114 valence electrons. The number of rotatable bonds is 6. The van der Waals surface area contributed by atoms with E-state index in [1.165, 1.54) is 5.56 Å². The van der Waals surface area contributed by atoms with Crippen molar-refractivity contribution < 1.29 is 14.3 Å². The zero-order chi connectivity index (χ0) is 15.4. The summed E-state index contributed by atoms with van der Waals surface area (Å²) in [7, 11) is 0. The minimum atomic E-state index is -0.337. The Morgan fingerprint density at radius 2 is 1.95 bits per heavy atom. The predicted molar refractivity (Wildman–Crippen MR) is 80.8 cm³/mol. The zero-order valence-corrected chi connectivity index (χ0v) is 12.9. The van der Waals surface area contributed by atoms with Gasteiger partial charge in [-0.2, -0.15) is 0 Å². The lowest BCUT2D eigenvalue weighted by Gasteiger charge is -2.26. The van der Waals surface area contributed by atoms with Crippen LogP contribution in [0.3, 0.4) is 0 Å². The summed E-state index contributed by atoms with van der Waals surface area (Å²) >= 11 is 0. The molecule has 1 aromatic rings. The van der Waals surface area contributed by atoms with Crippen molar-refractivity contribution in [2.45, 2.75) is 39.2 Å². The average Bonchev–Trinajstić information content (AvgIpc) is 3.25. The smallest absolute Gasteiger partial charge is 0.325 e. The van der Waals surface area contributed by atoms with Gasteiger partial charge in [-0.3, -0.25) is 9.59 Å². The lowest BCUT2D eigenvalue weighted by atomic mass is 10.1. The first-order chi connectivity index (χ1) is 10.0. The quantitative estimate of drug-likeness (QED) is 0.756. The van der Waals surface area contributed by atoms with E-state index in [0.29, 0.717) is 12.5 Å². The number of hydrogen-bond acceptors (Lipinski definition) is 3. The van der Waals surface area contributed by atoms with Crippen molar-refractivity contribution in [2.75, 3.05) is 13.2 Å². The van der Waals surface area contributed by atoms with Crippen LogP contribution in [0.4, 0.5) is 0 Å². The average molecular weight is 289 g/mol. The molecule has 0 spiro atoms. The number of hydrogen-bond donors (Lipinski definition) is 0. The van der Waals surface area contributed by atoms with Gasteiger partial charge in [0.25, 0.3) is 0 Å². The highest BCUT2D eigenvalue weighted by molar-refractivity contribution is 5.86. The highest BCUT2D eigenvalue weighted by atomic mass is 16.5. The van der Waals surface area contributed by atoms with E-state index in [0.717, 1.165) is 6.42 Å². The largest absolute Gasteiger partial charge is 0.465 e. The maximum absolute atomic E-state index is 12.6. The van der Waals surface area contributed by atoms with Crippen molar-refractivity contribution in [1.82, 2.24) is 4.90 Å². The van der Waals surface area contributed by atoms with Crippen LogP contribution in [0.15, 0.2) is 30.3 Å². The standard InChI is InChI=1S/C17H23NO3/c1-4-21-16(19)11-18(12(2)3)17(20)15-10-14(15)13-8-6-5-7-9-13/h5-9,12,14-15H,4,10-11H2,1-3H3. The minimum Gasteiger partial charge on any atom is -0.465 e. The number of amides is 1. The van der Waals surface area contributed by atoms with Gasteiger partial charge in [0.1, 0.15) is 6.54 Å². The first-order valence-electron chi connectivity index (χ1n) is 7.55. The molecule has 1 saturated carbocycles. The van der Waals surface area contributed by atoms with E-state index in [1.54, 1.807) is 11.8 Å². The molecule has 0 bridgehead atoms. The zero-order valence-electron chi connectivity index (χ0n) is 12.9. The lowest BCUT2D eigenvalue weighted by molar-refractivity contribution is -0.150. The van der Waals surface area contributed by atoms with Crippen molar-refractivity contribution in [3.63, 3.8) is 0 Å². The molecule has 0 saturated heterocycles. The van der Waals surface area contributed by atoms with Crippen molar-refractivity contribution in [3.8, 4) is 0 Å². The van der Waals surface area contributed by atoms with E-state index in [2.05, 4.69) is 12.1 Å². The third-order valence-corrected chi connectivity index (χ3v) is 3.85. The van der Waals surface area contributed by atoms with Gasteiger partial charge in [-0.05, 0) is 38.7 Å². The number of carbonyl (C=O) groups excluding carboxylic acids is 2. The second-order valence-corrected chi connectivity index (χ2v) is 5.72. The molecule has 1 aromatic carbocycles. The van der Waals surface area contributed by atoms with Crippen LogP contribution in [0, 0.1) is 5.92 Å². The summed E-state index contributed by atoms with van der Waals surface area (Å²) < 4.78 is 4.95. The van der Waals surface area contributed by atoms with E-state index >= 15 is 0 Å². The lowest BCUT2D eigenvalue weighted by Crippen LogP contribution is -2.42. The van der Waals surface area contributed by atoms with Gasteiger partial charge in [0.05, 0.1) is 6.61 Å². The molecule has 21 heavy (non-hydrogen) atoms. The summed E-state index contributed by atoms with van der Waals surface area (Å²) in [6.07, 6.45) is 0.870. The van der Waals surface area contributed by atoms with Crippen LogP contribution in [0.5, 0.6) is 0 Å². The summed E-state index contributed by atoms with van der Waals surface area (Å²) in [6.45, 7) is 6.01. The van der Waals surface area contributed by atoms with E-state index in [9.17, 15) is 9.59 Å². The van der Waals surface area contributed by atoms with Crippen molar-refractivity contribution in [1.29, 1.82) is 0 Å². The van der Waals surface area contributed by atoms with Gasteiger partial charge < -0.3 is 9.64 Å². The van der Waals surface area contributed by atoms with Gasteiger partial charge >= 0.3 is 5.97 Å². The predicted octanol–water partition coefficient (Wildman–Crippen LogP) is 2.59. The Balaban J connectivity index is 1.99. The Hall–Kier alpha value is -1.84. The molecular formula is C17H23NO3. The highest BCUT2D eigenvalue weighted by Crippen LogP contribution is 2.48. The van der Waals surface area contributed by atoms with Crippen LogP contribution in [0.2, 0.25) is 0 Å². The Bertz CT molecular complexity index is 498. The molecule has 1 fully saturated rings. The van der Waals surface area contributed by atoms with Crippen LogP contribution in [-0.4, -0.2) is 36.0 Å². The van der Waals surface area contributed by atoms with E-state index in [4.69, 9.17) is 4.74 Å². The number of carbonyl (C=O) groups is 2. The maximum atomic E-state index is 12.6. The normalized spacial score (nSPS) is 20.2. The molecule has 0 N–H and O–H groups in total. The Morgan fingerprint density at radius 1 is 1.29 bits per heavy atom. The molecule has 0 radical (unpaired) electrons. The SMILES string of the molecule is CCOC(=O)CN(C(=O)C1CC1c1ccccc1)C(C)C. The highest BCUT2D eigenvalue weighted by Gasteiger charge is 2.46. The summed E-state index contributed by atoms with van der Waals surface area (Å²) in [5, 5.41) is 0. The number of ether oxygens (including phenoxy) is 1. The van der Waals surface area contributed by atoms with Crippen LogP contribution >= 0.6 is 0 Å². The van der Waals surface area contributed by atoms with Crippen molar-refractivity contribution in [2.24, 2.45) is 5.92 Å². The third-order valence-electron chi connectivity index (χ3n) is 3.85. The van der Waals surface area contributed by atoms with Gasteiger partial charge in [-0.15, -0.1) is 0 Å². The van der Waals surface area contributed by atoms with E-state index < -0.39 is 0 Å². The molecule has 0 aliphatic heterocycles. The summed E-state index contributed by atoms with van der Waals surface area (Å²) in [6, 6.07) is 10.1. The van der Waals surface area contributed by atoms with Gasteiger partial charge in [-0.1, -0.05) is 30.3 Å². The molecule has 0 aromatic heterocycles. The molecule has 2 unspecified atom stereocenters. The fraction of sp³-hybridized carbons (Fsp3) is 0.529. The van der Waals surface area contributed by atoms with Crippen molar-refractivity contribution >= 4 is 11.9 Å². The molecular weight excluding hydrogens is 266 g/mol. The first kappa shape index (κ1) is 15.5. The number of benzene rings is 1. The first-order valence-corrected chi connectivity index (χ1v) is 7.55. The van der Waals surface area contributed by atoms with Crippen LogP contribution in [-0.2, 0) is 14.3 Å². The number of esters is 1. The Labute approximate surface area is 126 Å². The molecule has 1 amide bonds. The summed E-state index contributed by atoms with van der Waals surface area (Å²) in [4.78, 5) is 25.9. The van der Waals surface area contributed by atoms with E-state index in [1.807, 2.05) is 32.0 Å². The molecule has 0 heterocycles. The molecule has 2 rings (SSSR count). The molecule has 4 nitrogen and oxygen atoms in total. The molecule has 4 heteroatoms. The van der Waals surface area contributed by atoms with Crippen LogP contribution < -0.4 is 0 Å². The van der Waals surface area contributed by atoms with Crippen LogP contribution in [0.25, 0.3) is 0 Å². The van der Waals surface area contributed by atoms with Gasteiger partial charge in [0.2, 0.25) is 5.91 Å².